The van der Waals surface area contributed by atoms with Gasteiger partial charge in [0.1, 0.15) is 12.1 Å². The molecule has 230 valence electrons. The molecule has 4 aromatic carbocycles. The lowest BCUT2D eigenvalue weighted by molar-refractivity contribution is -0.136. The number of likely N-dealkylation sites (N-methyl/N-ethyl adjacent to an activating group) is 1. The summed E-state index contributed by atoms with van der Waals surface area (Å²) < 4.78 is 1.87. The minimum absolute atomic E-state index is 0.0277. The lowest BCUT2D eigenvalue weighted by atomic mass is 10.00. The van der Waals surface area contributed by atoms with Gasteiger partial charge in [0.05, 0.1) is 11.7 Å². The number of hydrogen-bond acceptors (Lipinski definition) is 4. The van der Waals surface area contributed by atoms with Gasteiger partial charge < -0.3 is 24.8 Å². The molecule has 6 rings (SSSR count). The maximum atomic E-state index is 13.9. The lowest BCUT2D eigenvalue weighted by Crippen LogP contribution is -2.54. The molecule has 5 aromatic rings. The first-order valence-corrected chi connectivity index (χ1v) is 15.4. The van der Waals surface area contributed by atoms with Crippen LogP contribution in [-0.2, 0) is 29.6 Å². The third-order valence-corrected chi connectivity index (χ3v) is 8.76. The van der Waals surface area contributed by atoms with Crippen LogP contribution in [0.1, 0.15) is 27.9 Å². The number of aliphatic hydroxyl groups is 1. The van der Waals surface area contributed by atoms with E-state index >= 15 is 0 Å². The van der Waals surface area contributed by atoms with Gasteiger partial charge >= 0.3 is 0 Å². The standard InChI is InChI=1S/C36H35ClN4O4/c1-39-22-30(29-10-6-7-11-32(29)39)35(44)41-21-28(42)19-33(41)34(43)38-31(36(45)40(2)20-23-8-4-3-5-9-23)17-24-12-13-26-18-27(37)15-14-25(26)16-24/h3-16,18,22,28,31,33,42H,17,19-21H2,1-2H3,(H,38,43)/t28-,31+,33+/m1/s1. The molecule has 45 heavy (non-hydrogen) atoms. The van der Waals surface area contributed by atoms with Crippen LogP contribution in [0.2, 0.25) is 5.02 Å². The minimum atomic E-state index is -0.931. The topological polar surface area (TPSA) is 94.9 Å². The molecule has 0 bridgehead atoms. The number of benzene rings is 4. The molecule has 1 aliphatic rings. The summed E-state index contributed by atoms with van der Waals surface area (Å²) in [5, 5.41) is 16.9. The van der Waals surface area contributed by atoms with Crippen molar-refractivity contribution in [3.63, 3.8) is 0 Å². The molecule has 1 aromatic heterocycles. The van der Waals surface area contributed by atoms with Crippen LogP contribution in [0, 0.1) is 0 Å². The van der Waals surface area contributed by atoms with Crippen LogP contribution in [-0.4, -0.2) is 69.0 Å². The van der Waals surface area contributed by atoms with Crippen LogP contribution >= 0.6 is 11.6 Å². The fourth-order valence-corrected chi connectivity index (χ4v) is 6.43. The van der Waals surface area contributed by atoms with Crippen LogP contribution in [0.3, 0.4) is 0 Å². The van der Waals surface area contributed by atoms with Gasteiger partial charge in [0, 0.05) is 62.1 Å². The highest BCUT2D eigenvalue weighted by molar-refractivity contribution is 6.31. The van der Waals surface area contributed by atoms with E-state index in [9.17, 15) is 19.5 Å². The highest BCUT2D eigenvalue weighted by Gasteiger charge is 2.41. The molecular weight excluding hydrogens is 588 g/mol. The van der Waals surface area contributed by atoms with E-state index in [2.05, 4.69) is 5.32 Å². The van der Waals surface area contributed by atoms with E-state index in [0.29, 0.717) is 17.1 Å². The maximum absolute atomic E-state index is 13.9. The fourth-order valence-electron chi connectivity index (χ4n) is 6.25. The summed E-state index contributed by atoms with van der Waals surface area (Å²) in [6.45, 7) is 0.399. The number of fused-ring (bicyclic) bond motifs is 2. The Hall–Kier alpha value is -4.66. The van der Waals surface area contributed by atoms with E-state index < -0.39 is 24.1 Å². The monoisotopic (exact) mass is 622 g/mol. The van der Waals surface area contributed by atoms with Gasteiger partial charge in [0.15, 0.2) is 0 Å². The van der Waals surface area contributed by atoms with Gasteiger partial charge in [-0.15, -0.1) is 0 Å². The van der Waals surface area contributed by atoms with Crippen molar-refractivity contribution in [1.29, 1.82) is 0 Å². The van der Waals surface area contributed by atoms with Crippen LogP contribution < -0.4 is 5.32 Å². The number of halogens is 1. The maximum Gasteiger partial charge on any atom is 0.256 e. The molecule has 0 unspecified atom stereocenters. The number of aryl methyl sites for hydroxylation is 1. The van der Waals surface area contributed by atoms with Crippen molar-refractivity contribution < 1.29 is 19.5 Å². The number of nitrogens with one attached hydrogen (secondary N) is 1. The van der Waals surface area contributed by atoms with E-state index in [1.54, 1.807) is 18.1 Å². The number of β-amino-alcohol motifs (C(OH)–C–C–N with tert-alkyl or cyclic N) is 1. The van der Waals surface area contributed by atoms with Gasteiger partial charge in [0.2, 0.25) is 11.8 Å². The van der Waals surface area contributed by atoms with Crippen molar-refractivity contribution in [2.45, 2.75) is 37.6 Å². The number of amides is 3. The Labute approximate surface area is 266 Å². The predicted molar refractivity (Wildman–Crippen MR) is 176 cm³/mol. The number of nitrogens with zero attached hydrogens (tertiary/aromatic N) is 3. The second-order valence-electron chi connectivity index (χ2n) is 11.8. The number of hydrogen-bond donors (Lipinski definition) is 2. The van der Waals surface area contributed by atoms with Crippen molar-refractivity contribution in [2.24, 2.45) is 7.05 Å². The quantitative estimate of drug-likeness (QED) is 0.256. The number of para-hydroxylation sites is 1. The normalized spacial score (nSPS) is 17.0. The van der Waals surface area contributed by atoms with Crippen LogP contribution in [0.5, 0.6) is 0 Å². The third-order valence-electron chi connectivity index (χ3n) is 8.53. The van der Waals surface area contributed by atoms with E-state index in [4.69, 9.17) is 11.6 Å². The second-order valence-corrected chi connectivity index (χ2v) is 12.2. The van der Waals surface area contributed by atoms with Gasteiger partial charge in [-0.1, -0.05) is 84.4 Å². The molecule has 0 aliphatic carbocycles. The Morgan fingerprint density at radius 1 is 0.956 bits per heavy atom. The average molecular weight is 623 g/mol. The molecular formula is C36H35ClN4O4. The molecule has 3 atom stereocenters. The van der Waals surface area contributed by atoms with Crippen molar-refractivity contribution in [2.75, 3.05) is 13.6 Å². The molecule has 0 saturated carbocycles. The summed E-state index contributed by atoms with van der Waals surface area (Å²) in [5.41, 5.74) is 3.19. The molecule has 2 heterocycles. The number of aromatic nitrogens is 1. The number of carbonyl (C=O) groups excluding carboxylic acids is 3. The van der Waals surface area contributed by atoms with E-state index in [-0.39, 0.29) is 31.2 Å². The molecule has 0 spiro atoms. The van der Waals surface area contributed by atoms with Gasteiger partial charge in [-0.2, -0.15) is 0 Å². The fraction of sp³-hybridized carbons (Fsp3) is 0.250. The van der Waals surface area contributed by atoms with Gasteiger partial charge in [-0.25, -0.2) is 0 Å². The van der Waals surface area contributed by atoms with Gasteiger partial charge in [0.25, 0.3) is 5.91 Å². The molecule has 1 aliphatic heterocycles. The number of likely N-dealkylation sites (tertiary alicyclic amines) is 1. The van der Waals surface area contributed by atoms with E-state index in [0.717, 1.165) is 32.8 Å². The molecule has 9 heteroatoms. The summed E-state index contributed by atoms with van der Waals surface area (Å²) >= 11 is 6.17. The van der Waals surface area contributed by atoms with E-state index in [1.165, 1.54) is 4.90 Å². The summed E-state index contributed by atoms with van der Waals surface area (Å²) in [4.78, 5) is 44.7. The highest BCUT2D eigenvalue weighted by Crippen LogP contribution is 2.27. The lowest BCUT2D eigenvalue weighted by Gasteiger charge is -2.28. The molecule has 1 saturated heterocycles. The number of aliphatic hydroxyl groups excluding tert-OH is 1. The molecule has 1 fully saturated rings. The van der Waals surface area contributed by atoms with Crippen LogP contribution in [0.4, 0.5) is 0 Å². The first-order valence-electron chi connectivity index (χ1n) is 15.0. The van der Waals surface area contributed by atoms with Crippen LogP contribution in [0.25, 0.3) is 21.7 Å². The Kier molecular flexibility index (Phi) is 8.61. The van der Waals surface area contributed by atoms with Crippen LogP contribution in [0.15, 0.2) is 97.2 Å². The predicted octanol–water partition coefficient (Wildman–Crippen LogP) is 4.95. The molecule has 2 N–H and O–H groups in total. The zero-order valence-electron chi connectivity index (χ0n) is 25.2. The smallest absolute Gasteiger partial charge is 0.256 e. The average Bonchev–Trinajstić information content (AvgIpc) is 3.60. The second kappa shape index (κ2) is 12.8. The number of rotatable bonds is 8. The summed E-state index contributed by atoms with van der Waals surface area (Å²) in [6.07, 6.45) is 1.22. The Bertz CT molecular complexity index is 1890. The SMILES string of the molecule is CN(Cc1ccccc1)C(=O)[C@H](Cc1ccc2cc(Cl)ccc2c1)NC(=O)[C@@H]1C[C@@H](O)CN1C(=O)c1cn(C)c2ccccc12. The highest BCUT2D eigenvalue weighted by atomic mass is 35.5. The minimum Gasteiger partial charge on any atom is -0.391 e. The molecule has 8 nitrogen and oxygen atoms in total. The Balaban J connectivity index is 1.27. The van der Waals surface area contributed by atoms with Gasteiger partial charge in [-0.05, 0) is 40.1 Å². The third kappa shape index (κ3) is 6.43. The van der Waals surface area contributed by atoms with E-state index in [1.807, 2.05) is 103 Å². The Morgan fingerprint density at radius 3 is 2.47 bits per heavy atom. The molecule has 3 amide bonds. The van der Waals surface area contributed by atoms with Crippen molar-refractivity contribution in [3.8, 4) is 0 Å². The zero-order valence-corrected chi connectivity index (χ0v) is 25.9. The van der Waals surface area contributed by atoms with Gasteiger partial charge in [-0.3, -0.25) is 14.4 Å². The summed E-state index contributed by atoms with van der Waals surface area (Å²) in [5.74, 6) is -1.06. The first kappa shape index (κ1) is 30.4. The van der Waals surface area contributed by atoms with Crippen molar-refractivity contribution in [1.82, 2.24) is 19.7 Å². The van der Waals surface area contributed by atoms with Crippen molar-refractivity contribution >= 4 is 51.0 Å². The zero-order chi connectivity index (χ0) is 31.7. The molecule has 0 radical (unpaired) electrons. The van der Waals surface area contributed by atoms with Crippen molar-refractivity contribution in [3.05, 3.63) is 119 Å². The first-order chi connectivity index (χ1) is 21.7. The summed E-state index contributed by atoms with van der Waals surface area (Å²) in [7, 11) is 3.58. The number of carbonyl (C=O) groups is 3. The largest absolute Gasteiger partial charge is 0.391 e. The summed E-state index contributed by atoms with van der Waals surface area (Å²) in [6, 6.07) is 26.9. The Morgan fingerprint density at radius 2 is 1.67 bits per heavy atom.